The van der Waals surface area contributed by atoms with Crippen molar-refractivity contribution in [2.24, 2.45) is 5.92 Å². The van der Waals surface area contributed by atoms with Crippen LogP contribution in [0.1, 0.15) is 32.1 Å². The average molecular weight is 272 g/mol. The average Bonchev–Trinajstić information content (AvgIpc) is 2.46. The SMILES string of the molecule is COCCN(CCOC)C(=O)NCC1CCCCC1. The van der Waals surface area contributed by atoms with Crippen LogP contribution >= 0.6 is 0 Å². The molecule has 5 nitrogen and oxygen atoms in total. The maximum atomic E-state index is 12.1. The van der Waals surface area contributed by atoms with Crippen molar-refractivity contribution in [3.05, 3.63) is 0 Å². The Balaban J connectivity index is 2.28. The number of nitrogens with zero attached hydrogens (tertiary/aromatic N) is 1. The highest BCUT2D eigenvalue weighted by atomic mass is 16.5. The van der Waals surface area contributed by atoms with Crippen LogP contribution in [-0.4, -0.2) is 58.0 Å². The molecule has 0 radical (unpaired) electrons. The summed E-state index contributed by atoms with van der Waals surface area (Å²) in [5.41, 5.74) is 0. The Morgan fingerprint density at radius 1 is 1.11 bits per heavy atom. The third-order valence-corrected chi connectivity index (χ3v) is 3.68. The Kier molecular flexibility index (Phi) is 8.58. The highest BCUT2D eigenvalue weighted by molar-refractivity contribution is 5.74. The molecule has 0 atom stereocenters. The quantitative estimate of drug-likeness (QED) is 0.734. The Bertz CT molecular complexity index is 235. The van der Waals surface area contributed by atoms with E-state index in [1.54, 1.807) is 19.1 Å². The van der Waals surface area contributed by atoms with Crippen LogP contribution in [0.3, 0.4) is 0 Å². The van der Waals surface area contributed by atoms with Crippen molar-refractivity contribution in [3.8, 4) is 0 Å². The van der Waals surface area contributed by atoms with Crippen molar-refractivity contribution in [1.29, 1.82) is 0 Å². The van der Waals surface area contributed by atoms with E-state index in [1.807, 2.05) is 0 Å². The third-order valence-electron chi connectivity index (χ3n) is 3.68. The lowest BCUT2D eigenvalue weighted by Crippen LogP contribution is -2.44. The second-order valence-corrected chi connectivity index (χ2v) is 5.16. The number of urea groups is 1. The van der Waals surface area contributed by atoms with Crippen LogP contribution in [0.5, 0.6) is 0 Å². The van der Waals surface area contributed by atoms with Crippen molar-refractivity contribution >= 4 is 6.03 Å². The molecule has 0 aliphatic heterocycles. The maximum absolute atomic E-state index is 12.1. The lowest BCUT2D eigenvalue weighted by atomic mass is 9.89. The van der Waals surface area contributed by atoms with Gasteiger partial charge in [-0.3, -0.25) is 0 Å². The lowest BCUT2D eigenvalue weighted by Gasteiger charge is -2.26. The molecule has 1 N–H and O–H groups in total. The summed E-state index contributed by atoms with van der Waals surface area (Å²) in [6.45, 7) is 3.13. The van der Waals surface area contributed by atoms with E-state index in [1.165, 1.54) is 32.1 Å². The van der Waals surface area contributed by atoms with E-state index in [-0.39, 0.29) is 6.03 Å². The van der Waals surface area contributed by atoms with Gasteiger partial charge in [-0.05, 0) is 18.8 Å². The van der Waals surface area contributed by atoms with Crippen molar-refractivity contribution in [3.63, 3.8) is 0 Å². The molecule has 1 rings (SSSR count). The molecule has 0 aromatic rings. The fourth-order valence-corrected chi connectivity index (χ4v) is 2.45. The molecule has 112 valence electrons. The zero-order valence-corrected chi connectivity index (χ0v) is 12.3. The number of carbonyl (C=O) groups is 1. The van der Waals surface area contributed by atoms with Gasteiger partial charge in [0.25, 0.3) is 0 Å². The maximum Gasteiger partial charge on any atom is 0.317 e. The van der Waals surface area contributed by atoms with Crippen molar-refractivity contribution in [2.45, 2.75) is 32.1 Å². The van der Waals surface area contributed by atoms with E-state index >= 15 is 0 Å². The molecular formula is C14H28N2O3. The molecule has 0 bridgehead atoms. The van der Waals surface area contributed by atoms with Gasteiger partial charge in [0.05, 0.1) is 13.2 Å². The highest BCUT2D eigenvalue weighted by Gasteiger charge is 2.17. The van der Waals surface area contributed by atoms with Crippen LogP contribution < -0.4 is 5.32 Å². The van der Waals surface area contributed by atoms with Crippen molar-refractivity contribution in [2.75, 3.05) is 47.1 Å². The minimum atomic E-state index is -0.000302. The molecule has 5 heteroatoms. The van der Waals surface area contributed by atoms with Gasteiger partial charge in [0.15, 0.2) is 0 Å². The smallest absolute Gasteiger partial charge is 0.317 e. The number of amides is 2. The topological polar surface area (TPSA) is 50.8 Å². The second-order valence-electron chi connectivity index (χ2n) is 5.16. The lowest BCUT2D eigenvalue weighted by molar-refractivity contribution is 0.121. The number of nitrogens with one attached hydrogen (secondary N) is 1. The predicted molar refractivity (Wildman–Crippen MR) is 75.3 cm³/mol. The molecule has 0 unspecified atom stereocenters. The first-order valence-electron chi connectivity index (χ1n) is 7.28. The van der Waals surface area contributed by atoms with Crippen LogP contribution in [0.25, 0.3) is 0 Å². The van der Waals surface area contributed by atoms with E-state index in [4.69, 9.17) is 9.47 Å². The monoisotopic (exact) mass is 272 g/mol. The predicted octanol–water partition coefficient (Wildman–Crippen LogP) is 1.87. The minimum Gasteiger partial charge on any atom is -0.383 e. The summed E-state index contributed by atoms with van der Waals surface area (Å²) in [7, 11) is 3.29. The number of hydrogen-bond acceptors (Lipinski definition) is 3. The van der Waals surface area contributed by atoms with E-state index < -0.39 is 0 Å². The number of ether oxygens (including phenoxy) is 2. The van der Waals surface area contributed by atoms with E-state index in [2.05, 4.69) is 5.32 Å². The molecule has 1 fully saturated rings. The van der Waals surface area contributed by atoms with Crippen molar-refractivity contribution < 1.29 is 14.3 Å². The van der Waals surface area contributed by atoms with Crippen LogP contribution in [-0.2, 0) is 9.47 Å². The Morgan fingerprint density at radius 3 is 2.21 bits per heavy atom. The first-order chi connectivity index (χ1) is 9.27. The second kappa shape index (κ2) is 10.0. The summed E-state index contributed by atoms with van der Waals surface area (Å²) in [6.07, 6.45) is 6.44. The fourth-order valence-electron chi connectivity index (χ4n) is 2.45. The molecule has 19 heavy (non-hydrogen) atoms. The third kappa shape index (κ3) is 6.78. The van der Waals surface area contributed by atoms with Crippen LogP contribution in [0.15, 0.2) is 0 Å². The van der Waals surface area contributed by atoms with Crippen LogP contribution in [0, 0.1) is 5.92 Å². The van der Waals surface area contributed by atoms with Gasteiger partial charge in [-0.25, -0.2) is 4.79 Å². The molecule has 2 amide bonds. The molecular weight excluding hydrogens is 244 g/mol. The zero-order chi connectivity index (χ0) is 13.9. The van der Waals surface area contributed by atoms with Crippen molar-refractivity contribution in [1.82, 2.24) is 10.2 Å². The van der Waals surface area contributed by atoms with Gasteiger partial charge in [-0.2, -0.15) is 0 Å². The Hall–Kier alpha value is -0.810. The standard InChI is InChI=1S/C14H28N2O3/c1-18-10-8-16(9-11-19-2)14(17)15-12-13-6-4-3-5-7-13/h13H,3-12H2,1-2H3,(H,15,17). The summed E-state index contributed by atoms with van der Waals surface area (Å²) in [4.78, 5) is 13.9. The fraction of sp³-hybridized carbons (Fsp3) is 0.929. The summed E-state index contributed by atoms with van der Waals surface area (Å²) >= 11 is 0. The van der Waals surface area contributed by atoms with Gasteiger partial charge in [-0.15, -0.1) is 0 Å². The van der Waals surface area contributed by atoms with Crippen LogP contribution in [0.2, 0.25) is 0 Å². The molecule has 1 aliphatic carbocycles. The summed E-state index contributed by atoms with van der Waals surface area (Å²) in [6, 6.07) is -0.000302. The number of methoxy groups -OCH3 is 2. The highest BCUT2D eigenvalue weighted by Crippen LogP contribution is 2.22. The largest absolute Gasteiger partial charge is 0.383 e. The first-order valence-corrected chi connectivity index (χ1v) is 7.28. The Labute approximate surface area is 116 Å². The molecule has 1 saturated carbocycles. The molecule has 1 aliphatic rings. The van der Waals surface area contributed by atoms with Gasteiger partial charge < -0.3 is 19.7 Å². The summed E-state index contributed by atoms with van der Waals surface area (Å²) < 4.78 is 10.1. The van der Waals surface area contributed by atoms with Gasteiger partial charge in [-0.1, -0.05) is 19.3 Å². The van der Waals surface area contributed by atoms with Gasteiger partial charge in [0.2, 0.25) is 0 Å². The molecule has 0 saturated heterocycles. The molecule has 0 aromatic carbocycles. The molecule has 0 heterocycles. The van der Waals surface area contributed by atoms with Gasteiger partial charge >= 0.3 is 6.03 Å². The summed E-state index contributed by atoms with van der Waals surface area (Å²) in [5, 5.41) is 3.05. The van der Waals surface area contributed by atoms with E-state index in [9.17, 15) is 4.79 Å². The van der Waals surface area contributed by atoms with Crippen LogP contribution in [0.4, 0.5) is 4.79 Å². The summed E-state index contributed by atoms with van der Waals surface area (Å²) in [5.74, 6) is 0.657. The van der Waals surface area contributed by atoms with Gasteiger partial charge in [0.1, 0.15) is 0 Å². The van der Waals surface area contributed by atoms with Gasteiger partial charge in [0, 0.05) is 33.9 Å². The van der Waals surface area contributed by atoms with E-state index in [0.717, 1.165) is 6.54 Å². The number of carbonyl (C=O) groups excluding carboxylic acids is 1. The molecule has 0 spiro atoms. The normalized spacial score (nSPS) is 16.3. The Morgan fingerprint density at radius 2 is 1.68 bits per heavy atom. The molecule has 0 aromatic heterocycles. The van der Waals surface area contributed by atoms with E-state index in [0.29, 0.717) is 32.2 Å². The first kappa shape index (κ1) is 16.2. The number of hydrogen-bond donors (Lipinski definition) is 1. The zero-order valence-electron chi connectivity index (χ0n) is 12.3. The number of rotatable bonds is 8. The minimum absolute atomic E-state index is 0.000302.